The smallest absolute Gasteiger partial charge is 0.326 e. The summed E-state index contributed by atoms with van der Waals surface area (Å²) >= 11 is 0. The molecule has 0 saturated carbocycles. The summed E-state index contributed by atoms with van der Waals surface area (Å²) in [6.45, 7) is -0.188. The van der Waals surface area contributed by atoms with Crippen molar-refractivity contribution in [2.75, 3.05) is 6.54 Å². The molecule has 2 atom stereocenters. The molecule has 2 rings (SSSR count). The van der Waals surface area contributed by atoms with Gasteiger partial charge in [0.25, 0.3) is 5.91 Å². The summed E-state index contributed by atoms with van der Waals surface area (Å²) in [6.07, 6.45) is -1.07. The van der Waals surface area contributed by atoms with E-state index in [0.29, 0.717) is 6.07 Å². The number of carbonyl (C=O) groups excluding carboxylic acids is 1. The maximum Gasteiger partial charge on any atom is 0.326 e. The van der Waals surface area contributed by atoms with Crippen LogP contribution < -0.4 is 0 Å². The zero-order valence-corrected chi connectivity index (χ0v) is 9.72. The third-order valence-electron chi connectivity index (χ3n) is 2.99. The molecule has 1 aliphatic rings. The highest BCUT2D eigenvalue weighted by Gasteiger charge is 2.39. The Hall–Kier alpha value is -2.02. The van der Waals surface area contributed by atoms with E-state index in [1.165, 1.54) is 0 Å². The highest BCUT2D eigenvalue weighted by atomic mass is 19.1. The van der Waals surface area contributed by atoms with Gasteiger partial charge in [-0.25, -0.2) is 13.6 Å². The maximum atomic E-state index is 13.5. The van der Waals surface area contributed by atoms with Gasteiger partial charge in [0.1, 0.15) is 17.7 Å². The average molecular weight is 271 g/mol. The van der Waals surface area contributed by atoms with Gasteiger partial charge < -0.3 is 15.1 Å². The number of β-amino-alcohol motifs (C(OH)–C–C–N with tert-alkyl or cyclic N) is 1. The summed E-state index contributed by atoms with van der Waals surface area (Å²) in [5, 5.41) is 18.4. The largest absolute Gasteiger partial charge is 0.480 e. The fraction of sp³-hybridized carbons (Fsp3) is 0.333. The van der Waals surface area contributed by atoms with Crippen LogP contribution in [0.5, 0.6) is 0 Å². The number of likely N-dealkylation sites (tertiary alicyclic amines) is 1. The van der Waals surface area contributed by atoms with Gasteiger partial charge in [-0.05, 0) is 12.1 Å². The number of carboxylic acids is 1. The van der Waals surface area contributed by atoms with E-state index in [0.717, 1.165) is 17.0 Å². The van der Waals surface area contributed by atoms with Crippen LogP contribution in [0.15, 0.2) is 18.2 Å². The highest BCUT2D eigenvalue weighted by Crippen LogP contribution is 2.22. The number of amides is 1. The lowest BCUT2D eigenvalue weighted by Crippen LogP contribution is -2.40. The Morgan fingerprint density at radius 3 is 2.58 bits per heavy atom. The predicted molar refractivity (Wildman–Crippen MR) is 59.4 cm³/mol. The minimum absolute atomic E-state index is 0.107. The van der Waals surface area contributed by atoms with E-state index >= 15 is 0 Å². The summed E-state index contributed by atoms with van der Waals surface area (Å²) in [6, 6.07) is 1.22. The first-order valence-corrected chi connectivity index (χ1v) is 5.57. The Labute approximate surface area is 107 Å². The molecule has 19 heavy (non-hydrogen) atoms. The van der Waals surface area contributed by atoms with Crippen LogP contribution in [-0.4, -0.2) is 45.7 Å². The molecule has 1 amide bonds. The minimum atomic E-state index is -1.27. The van der Waals surface area contributed by atoms with Crippen LogP contribution >= 0.6 is 0 Å². The summed E-state index contributed by atoms with van der Waals surface area (Å²) < 4.78 is 26.2. The monoisotopic (exact) mass is 271 g/mol. The van der Waals surface area contributed by atoms with Crippen molar-refractivity contribution >= 4 is 11.9 Å². The van der Waals surface area contributed by atoms with Crippen LogP contribution in [0.25, 0.3) is 0 Å². The number of carboxylic acid groups (broad SMARTS) is 1. The van der Waals surface area contributed by atoms with Crippen molar-refractivity contribution in [3.63, 3.8) is 0 Å². The quantitative estimate of drug-likeness (QED) is 0.826. The Morgan fingerprint density at radius 1 is 1.32 bits per heavy atom. The van der Waals surface area contributed by atoms with Gasteiger partial charge in [0.15, 0.2) is 0 Å². The van der Waals surface area contributed by atoms with Gasteiger partial charge >= 0.3 is 5.97 Å². The van der Waals surface area contributed by atoms with Gasteiger partial charge in [-0.15, -0.1) is 0 Å². The Kier molecular flexibility index (Phi) is 3.48. The molecule has 0 unspecified atom stereocenters. The van der Waals surface area contributed by atoms with Crippen LogP contribution in [0.1, 0.15) is 16.8 Å². The molecule has 0 aliphatic carbocycles. The second-order valence-electron chi connectivity index (χ2n) is 4.33. The topological polar surface area (TPSA) is 77.8 Å². The molecule has 1 aliphatic heterocycles. The molecule has 0 radical (unpaired) electrons. The molecule has 0 spiro atoms. The number of hydrogen-bond acceptors (Lipinski definition) is 3. The molecular formula is C12H11F2NO4. The SMILES string of the molecule is O=C(O)[C@@H]1C[C@@H](O)CN1C(=O)c1ccc(F)cc1F. The van der Waals surface area contributed by atoms with E-state index in [1.54, 1.807) is 0 Å². The van der Waals surface area contributed by atoms with Crippen molar-refractivity contribution in [3.8, 4) is 0 Å². The third kappa shape index (κ3) is 2.55. The van der Waals surface area contributed by atoms with Crippen molar-refractivity contribution in [1.29, 1.82) is 0 Å². The maximum absolute atomic E-state index is 13.5. The van der Waals surface area contributed by atoms with E-state index in [2.05, 4.69) is 0 Å². The Bertz CT molecular complexity index is 534. The van der Waals surface area contributed by atoms with E-state index in [4.69, 9.17) is 5.11 Å². The van der Waals surface area contributed by atoms with E-state index in [1.807, 2.05) is 0 Å². The lowest BCUT2D eigenvalue weighted by atomic mass is 10.1. The third-order valence-corrected chi connectivity index (χ3v) is 2.99. The molecular weight excluding hydrogens is 260 g/mol. The van der Waals surface area contributed by atoms with Gasteiger partial charge in [-0.1, -0.05) is 0 Å². The standard InChI is InChI=1S/C12H11F2NO4/c13-6-1-2-8(9(14)3-6)11(17)15-5-7(16)4-10(15)12(18)19/h1-3,7,10,16H,4-5H2,(H,18,19)/t7-,10+/m1/s1. The van der Waals surface area contributed by atoms with Crippen molar-refractivity contribution < 1.29 is 28.6 Å². The lowest BCUT2D eigenvalue weighted by Gasteiger charge is -2.21. The number of nitrogens with zero attached hydrogens (tertiary/aromatic N) is 1. The van der Waals surface area contributed by atoms with Crippen LogP contribution in [0, 0.1) is 11.6 Å². The molecule has 1 fully saturated rings. The number of halogens is 2. The fourth-order valence-corrected chi connectivity index (χ4v) is 2.09. The normalized spacial score (nSPS) is 22.6. The van der Waals surface area contributed by atoms with E-state index in [9.17, 15) is 23.5 Å². The molecule has 102 valence electrons. The number of hydrogen-bond donors (Lipinski definition) is 2. The highest BCUT2D eigenvalue weighted by molar-refractivity contribution is 5.97. The summed E-state index contributed by atoms with van der Waals surface area (Å²) in [7, 11) is 0. The number of aliphatic carboxylic acids is 1. The molecule has 0 aromatic heterocycles. The molecule has 2 N–H and O–H groups in total. The number of aliphatic hydroxyl groups is 1. The zero-order valence-electron chi connectivity index (χ0n) is 9.72. The first-order valence-electron chi connectivity index (χ1n) is 5.57. The fourth-order valence-electron chi connectivity index (χ4n) is 2.09. The van der Waals surface area contributed by atoms with Gasteiger partial charge in [-0.2, -0.15) is 0 Å². The average Bonchev–Trinajstić information content (AvgIpc) is 2.70. The van der Waals surface area contributed by atoms with Gasteiger partial charge in [0.2, 0.25) is 0 Å². The van der Waals surface area contributed by atoms with Crippen LogP contribution in [-0.2, 0) is 4.79 Å². The van der Waals surface area contributed by atoms with Crippen molar-refractivity contribution in [1.82, 2.24) is 4.90 Å². The molecule has 1 saturated heterocycles. The van der Waals surface area contributed by atoms with Crippen LogP contribution in [0.4, 0.5) is 8.78 Å². The summed E-state index contributed by atoms with van der Waals surface area (Å²) in [5.41, 5.74) is -0.415. The second-order valence-corrected chi connectivity index (χ2v) is 4.33. The first-order chi connectivity index (χ1) is 8.90. The molecule has 1 aromatic rings. The Balaban J connectivity index is 2.30. The number of benzene rings is 1. The molecule has 1 aromatic carbocycles. The van der Waals surface area contributed by atoms with Crippen LogP contribution in [0.3, 0.4) is 0 Å². The van der Waals surface area contributed by atoms with Crippen LogP contribution in [0.2, 0.25) is 0 Å². The van der Waals surface area contributed by atoms with E-state index < -0.39 is 41.2 Å². The second kappa shape index (κ2) is 4.93. The minimum Gasteiger partial charge on any atom is -0.480 e. The summed E-state index contributed by atoms with van der Waals surface area (Å²) in [4.78, 5) is 23.9. The van der Waals surface area contributed by atoms with Gasteiger partial charge in [0, 0.05) is 19.0 Å². The van der Waals surface area contributed by atoms with Gasteiger partial charge in [-0.3, -0.25) is 4.79 Å². The van der Waals surface area contributed by atoms with Crippen molar-refractivity contribution in [2.45, 2.75) is 18.6 Å². The Morgan fingerprint density at radius 2 is 2.00 bits per heavy atom. The number of carbonyl (C=O) groups is 2. The number of rotatable bonds is 2. The zero-order chi connectivity index (χ0) is 14.2. The first kappa shape index (κ1) is 13.4. The lowest BCUT2D eigenvalue weighted by molar-refractivity contribution is -0.141. The molecule has 1 heterocycles. The molecule has 7 heteroatoms. The summed E-state index contributed by atoms with van der Waals surface area (Å²) in [5.74, 6) is -4.03. The van der Waals surface area contributed by atoms with Gasteiger partial charge in [0.05, 0.1) is 11.7 Å². The molecule has 0 bridgehead atoms. The van der Waals surface area contributed by atoms with Crippen molar-refractivity contribution in [3.05, 3.63) is 35.4 Å². The number of aliphatic hydroxyl groups excluding tert-OH is 1. The van der Waals surface area contributed by atoms with Crippen molar-refractivity contribution in [2.24, 2.45) is 0 Å². The predicted octanol–water partition coefficient (Wildman–Crippen LogP) is 0.625. The molecule has 5 nitrogen and oxygen atoms in total. The van der Waals surface area contributed by atoms with E-state index in [-0.39, 0.29) is 13.0 Å².